The van der Waals surface area contributed by atoms with Crippen molar-refractivity contribution in [1.82, 2.24) is 10.1 Å². The molecule has 2 heterocycles. The number of hydroxylamine groups is 1. The van der Waals surface area contributed by atoms with Gasteiger partial charge in [-0.05, 0) is 0 Å². The van der Waals surface area contributed by atoms with Gasteiger partial charge < -0.3 is 0 Å². The predicted molar refractivity (Wildman–Crippen MR) is 41.1 cm³/mol. The molecule has 0 aromatic carbocycles. The first-order valence-electron chi connectivity index (χ1n) is 3.02. The zero-order valence-corrected chi connectivity index (χ0v) is 6.38. The maximum Gasteiger partial charge on any atom is 0.205 e. The molecular weight excluding hydrogens is 166 g/mol. The maximum atomic E-state index is 8.99. The first-order chi connectivity index (χ1) is 5.20. The van der Waals surface area contributed by atoms with Gasteiger partial charge in [0.2, 0.25) is 6.29 Å². The van der Waals surface area contributed by atoms with Crippen LogP contribution in [0.15, 0.2) is 5.10 Å². The lowest BCUT2D eigenvalue weighted by Gasteiger charge is -2.19. The third-order valence-corrected chi connectivity index (χ3v) is 2.48. The van der Waals surface area contributed by atoms with Crippen LogP contribution >= 0.6 is 11.8 Å². The van der Waals surface area contributed by atoms with Crippen molar-refractivity contribution in [2.45, 2.75) is 6.29 Å². The van der Waals surface area contributed by atoms with Crippen LogP contribution in [0, 0.1) is 5.41 Å². The fraction of sp³-hybridized carbons (Fsp3) is 0.500. The van der Waals surface area contributed by atoms with Crippen LogP contribution in [0.2, 0.25) is 0 Å². The molecule has 1 atom stereocenters. The highest BCUT2D eigenvalue weighted by Gasteiger charge is 2.38. The van der Waals surface area contributed by atoms with Crippen molar-refractivity contribution in [2.24, 2.45) is 10.8 Å². The molecular formula is C4H7N5OS. The molecule has 2 rings (SSSR count). The molecule has 0 aliphatic carbocycles. The summed E-state index contributed by atoms with van der Waals surface area (Å²) in [6.45, 7) is 0. The van der Waals surface area contributed by atoms with E-state index in [9.17, 15) is 0 Å². The summed E-state index contributed by atoms with van der Waals surface area (Å²) < 4.78 is 0. The normalized spacial score (nSPS) is 29.5. The summed E-state index contributed by atoms with van der Waals surface area (Å²) in [5, 5.41) is 21.4. The van der Waals surface area contributed by atoms with E-state index in [0.29, 0.717) is 21.9 Å². The van der Waals surface area contributed by atoms with Gasteiger partial charge in [0.1, 0.15) is 5.84 Å². The molecule has 0 saturated carbocycles. The topological polar surface area (TPSA) is 88.9 Å². The van der Waals surface area contributed by atoms with Crippen molar-refractivity contribution in [1.29, 1.82) is 5.41 Å². The molecule has 0 spiro atoms. The lowest BCUT2D eigenvalue weighted by Crippen LogP contribution is -2.47. The van der Waals surface area contributed by atoms with Crippen LogP contribution in [0.4, 0.5) is 0 Å². The van der Waals surface area contributed by atoms with E-state index in [-0.39, 0.29) is 0 Å². The van der Waals surface area contributed by atoms with E-state index in [1.54, 1.807) is 0 Å². The number of nitrogens with one attached hydrogen (secondary N) is 1. The van der Waals surface area contributed by atoms with E-state index in [4.69, 9.17) is 16.4 Å². The molecule has 2 aliphatic heterocycles. The Hall–Kier alpha value is -0.790. The molecule has 0 bridgehead atoms. The Morgan fingerprint density at radius 2 is 2.55 bits per heavy atom. The number of nitrogens with zero attached hydrogens (tertiary/aromatic N) is 3. The molecule has 1 unspecified atom stereocenters. The molecule has 0 amide bonds. The number of nitrogens with two attached hydrogens (primary N) is 1. The monoisotopic (exact) mass is 173 g/mol. The Kier molecular flexibility index (Phi) is 1.31. The molecule has 11 heavy (non-hydrogen) atoms. The molecule has 0 aromatic heterocycles. The second-order valence-electron chi connectivity index (χ2n) is 2.22. The minimum absolute atomic E-state index is 0.387. The van der Waals surface area contributed by atoms with E-state index in [1.807, 2.05) is 0 Å². The molecule has 2 aliphatic rings. The van der Waals surface area contributed by atoms with Crippen molar-refractivity contribution in [3.8, 4) is 0 Å². The fourth-order valence-corrected chi connectivity index (χ4v) is 1.89. The Balaban J connectivity index is 2.31. The van der Waals surface area contributed by atoms with Gasteiger partial charge in [-0.3, -0.25) is 21.3 Å². The molecule has 0 radical (unpaired) electrons. The Morgan fingerprint density at radius 1 is 1.82 bits per heavy atom. The van der Waals surface area contributed by atoms with Gasteiger partial charge in [-0.15, -0.1) is 10.3 Å². The summed E-state index contributed by atoms with van der Waals surface area (Å²) in [7, 11) is 0. The second-order valence-corrected chi connectivity index (χ2v) is 3.16. The minimum atomic E-state index is -0.715. The third kappa shape index (κ3) is 0.817. The first kappa shape index (κ1) is 6.89. The summed E-state index contributed by atoms with van der Waals surface area (Å²) in [5.74, 6) is 0.971. The predicted octanol–water partition coefficient (Wildman–Crippen LogP) is -0.769. The van der Waals surface area contributed by atoms with E-state index in [1.165, 1.54) is 16.7 Å². The number of fused-ring (bicyclic) bond motifs is 1. The average molecular weight is 173 g/mol. The molecule has 6 nitrogen and oxygen atoms in total. The van der Waals surface area contributed by atoms with E-state index >= 15 is 0 Å². The molecule has 7 heteroatoms. The summed E-state index contributed by atoms with van der Waals surface area (Å²) in [6, 6.07) is 0. The smallest absolute Gasteiger partial charge is 0.205 e. The van der Waals surface area contributed by atoms with E-state index in [0.717, 1.165) is 0 Å². The Bertz CT molecular complexity index is 241. The van der Waals surface area contributed by atoms with Crippen molar-refractivity contribution in [3.05, 3.63) is 0 Å². The lowest BCUT2D eigenvalue weighted by molar-refractivity contribution is -0.131. The summed E-state index contributed by atoms with van der Waals surface area (Å²) >= 11 is 1.40. The zero-order valence-electron chi connectivity index (χ0n) is 5.56. The summed E-state index contributed by atoms with van der Waals surface area (Å²) in [5.41, 5.74) is 5.49. The van der Waals surface area contributed by atoms with Crippen LogP contribution in [0.5, 0.6) is 0 Å². The van der Waals surface area contributed by atoms with Gasteiger partial charge in [0.05, 0.1) is 5.75 Å². The highest BCUT2D eigenvalue weighted by atomic mass is 32.2. The van der Waals surface area contributed by atoms with Gasteiger partial charge in [-0.2, -0.15) is 0 Å². The van der Waals surface area contributed by atoms with Gasteiger partial charge >= 0.3 is 0 Å². The molecule has 60 valence electrons. The molecule has 0 aromatic rings. The standard InChI is InChI=1S/C4H7N5OS/c5-2-1-11-4-7-9(10)3(6)8(2)4/h3,5,10H,1,6H2. The van der Waals surface area contributed by atoms with Crippen LogP contribution in [0.25, 0.3) is 0 Å². The van der Waals surface area contributed by atoms with Crippen LogP contribution in [0.1, 0.15) is 0 Å². The van der Waals surface area contributed by atoms with Crippen molar-refractivity contribution in [2.75, 3.05) is 5.75 Å². The van der Waals surface area contributed by atoms with Crippen molar-refractivity contribution >= 4 is 22.8 Å². The summed E-state index contributed by atoms with van der Waals surface area (Å²) in [4.78, 5) is 1.49. The van der Waals surface area contributed by atoms with Gasteiger partial charge in [-0.25, -0.2) is 0 Å². The SMILES string of the molecule is N=C1CSC2=NN(O)C(N)N12. The van der Waals surface area contributed by atoms with E-state index in [2.05, 4.69) is 5.10 Å². The van der Waals surface area contributed by atoms with Gasteiger partial charge in [0.25, 0.3) is 0 Å². The van der Waals surface area contributed by atoms with Crippen molar-refractivity contribution in [3.63, 3.8) is 0 Å². The van der Waals surface area contributed by atoms with Crippen LogP contribution in [-0.4, -0.2) is 38.3 Å². The second kappa shape index (κ2) is 2.10. The minimum Gasteiger partial charge on any atom is -0.290 e. The van der Waals surface area contributed by atoms with Crippen molar-refractivity contribution < 1.29 is 5.21 Å². The van der Waals surface area contributed by atoms with Crippen LogP contribution in [0.3, 0.4) is 0 Å². The quantitative estimate of drug-likeness (QED) is 0.447. The molecule has 4 N–H and O–H groups in total. The number of amidine groups is 2. The van der Waals surface area contributed by atoms with Crippen LogP contribution < -0.4 is 5.73 Å². The van der Waals surface area contributed by atoms with Gasteiger partial charge in [0, 0.05) is 0 Å². The lowest BCUT2D eigenvalue weighted by atomic mass is 10.6. The number of hydrogen-bond acceptors (Lipinski definition) is 6. The molecule has 1 fully saturated rings. The Morgan fingerprint density at radius 3 is 3.18 bits per heavy atom. The zero-order chi connectivity index (χ0) is 8.01. The first-order valence-corrected chi connectivity index (χ1v) is 4.00. The number of thioether (sulfide) groups is 1. The van der Waals surface area contributed by atoms with Gasteiger partial charge in [0.15, 0.2) is 5.17 Å². The number of rotatable bonds is 0. The average Bonchev–Trinajstić information content (AvgIpc) is 2.41. The third-order valence-electron chi connectivity index (χ3n) is 1.52. The van der Waals surface area contributed by atoms with Crippen LogP contribution in [-0.2, 0) is 0 Å². The summed E-state index contributed by atoms with van der Waals surface area (Å²) in [6.07, 6.45) is -0.715. The number of hydrazone groups is 1. The highest BCUT2D eigenvalue weighted by molar-refractivity contribution is 8.15. The largest absolute Gasteiger partial charge is 0.290 e. The van der Waals surface area contributed by atoms with Gasteiger partial charge in [-0.1, -0.05) is 11.8 Å². The molecule has 1 saturated heterocycles. The highest BCUT2D eigenvalue weighted by Crippen LogP contribution is 2.26. The fourth-order valence-electron chi connectivity index (χ4n) is 0.987. The number of hydrogen-bond donors (Lipinski definition) is 3. The van der Waals surface area contributed by atoms with E-state index < -0.39 is 6.29 Å². The maximum absolute atomic E-state index is 8.99. The Labute approximate surface area is 67.1 Å².